The van der Waals surface area contributed by atoms with Gasteiger partial charge in [0.15, 0.2) is 5.96 Å². The molecule has 0 aromatic rings. The highest BCUT2D eigenvalue weighted by Crippen LogP contribution is 2.00. The van der Waals surface area contributed by atoms with Gasteiger partial charge in [-0.05, 0) is 19.8 Å². The zero-order valence-electron chi connectivity index (χ0n) is 16.9. The maximum atomic E-state index is 12.2. The smallest absolute Gasteiger partial charge is 0.326 e. The maximum absolute atomic E-state index is 12.2. The molecule has 0 fully saturated rings. The zero-order valence-corrected chi connectivity index (χ0v) is 16.9. The van der Waals surface area contributed by atoms with Crippen molar-refractivity contribution in [2.75, 3.05) is 13.2 Å². The molecule has 0 aliphatic carbocycles. The topological polar surface area (TPSA) is 273 Å². The molecule has 4 unspecified atom stereocenters. The van der Waals surface area contributed by atoms with Gasteiger partial charge < -0.3 is 48.5 Å². The number of amides is 3. The fourth-order valence-electron chi connectivity index (χ4n) is 2.19. The van der Waals surface area contributed by atoms with Crippen LogP contribution in [-0.4, -0.2) is 88.3 Å². The standard InChI is InChI=1S/C16H29N7O8/c1-7(12(27)22-9(15(30)31)3-2-4-20-16(18)19)21-14(29)10(6-24)23-13(28)8(17)5-11(25)26/h7-10,24H,2-6,17H2,1H3,(H,21,29)(H,22,27)(H,23,28)(H,25,26)(H,30,31)(H4,18,19,20). The van der Waals surface area contributed by atoms with Gasteiger partial charge >= 0.3 is 11.9 Å². The molecule has 15 nitrogen and oxygen atoms in total. The molecular weight excluding hydrogens is 418 g/mol. The lowest BCUT2D eigenvalue weighted by Gasteiger charge is -2.22. The molecule has 0 aromatic heterocycles. The first-order chi connectivity index (χ1) is 14.4. The number of aliphatic hydroxyl groups is 1. The molecule has 0 rings (SSSR count). The summed E-state index contributed by atoms with van der Waals surface area (Å²) >= 11 is 0. The van der Waals surface area contributed by atoms with E-state index in [-0.39, 0.29) is 25.3 Å². The highest BCUT2D eigenvalue weighted by molar-refractivity contribution is 5.94. The van der Waals surface area contributed by atoms with Crippen LogP contribution >= 0.6 is 0 Å². The van der Waals surface area contributed by atoms with Crippen molar-refractivity contribution in [2.45, 2.75) is 50.4 Å². The Balaban J connectivity index is 4.79. The van der Waals surface area contributed by atoms with Crippen molar-refractivity contribution >= 4 is 35.6 Å². The quantitative estimate of drug-likeness (QED) is 0.0693. The fourth-order valence-corrected chi connectivity index (χ4v) is 2.19. The number of nitrogens with one attached hydrogen (secondary N) is 3. The summed E-state index contributed by atoms with van der Waals surface area (Å²) in [6, 6.07) is -5.43. The van der Waals surface area contributed by atoms with Crippen LogP contribution in [0.2, 0.25) is 0 Å². The van der Waals surface area contributed by atoms with E-state index in [1.54, 1.807) is 0 Å². The molecule has 3 amide bonds. The molecule has 0 saturated carbocycles. The van der Waals surface area contributed by atoms with E-state index < -0.39 is 66.9 Å². The Morgan fingerprint density at radius 3 is 2.00 bits per heavy atom. The molecule has 15 heteroatoms. The first-order valence-corrected chi connectivity index (χ1v) is 9.16. The lowest BCUT2D eigenvalue weighted by atomic mass is 10.1. The van der Waals surface area contributed by atoms with E-state index in [2.05, 4.69) is 20.9 Å². The van der Waals surface area contributed by atoms with Crippen molar-refractivity contribution in [2.24, 2.45) is 22.2 Å². The van der Waals surface area contributed by atoms with Crippen molar-refractivity contribution < 1.29 is 39.3 Å². The van der Waals surface area contributed by atoms with Gasteiger partial charge in [0.25, 0.3) is 0 Å². The predicted octanol–water partition coefficient (Wildman–Crippen LogP) is -4.61. The predicted molar refractivity (Wildman–Crippen MR) is 106 cm³/mol. The Morgan fingerprint density at radius 1 is 0.935 bits per heavy atom. The number of aliphatic imine (C=N–C) groups is 1. The van der Waals surface area contributed by atoms with Crippen LogP contribution in [0.3, 0.4) is 0 Å². The average Bonchev–Trinajstić information content (AvgIpc) is 2.66. The number of hydrogen-bond donors (Lipinski definition) is 9. The third-order valence-electron chi connectivity index (χ3n) is 3.86. The molecule has 31 heavy (non-hydrogen) atoms. The number of aliphatic carboxylic acids is 2. The minimum absolute atomic E-state index is 0.0231. The number of nitrogens with zero attached hydrogens (tertiary/aromatic N) is 1. The molecule has 0 bridgehead atoms. The van der Waals surface area contributed by atoms with Crippen LogP contribution in [0.25, 0.3) is 0 Å². The van der Waals surface area contributed by atoms with Gasteiger partial charge in [-0.3, -0.25) is 24.2 Å². The van der Waals surface area contributed by atoms with Gasteiger partial charge in [-0.1, -0.05) is 0 Å². The molecule has 176 valence electrons. The molecule has 4 atom stereocenters. The average molecular weight is 447 g/mol. The van der Waals surface area contributed by atoms with Gasteiger partial charge in [-0.2, -0.15) is 0 Å². The summed E-state index contributed by atoms with van der Waals surface area (Å²) in [4.78, 5) is 61.8. The number of carbonyl (C=O) groups excluding carboxylic acids is 3. The van der Waals surface area contributed by atoms with E-state index >= 15 is 0 Å². The van der Waals surface area contributed by atoms with Crippen LogP contribution in [0.15, 0.2) is 4.99 Å². The summed E-state index contributed by atoms with van der Waals surface area (Å²) in [7, 11) is 0. The molecule has 12 N–H and O–H groups in total. The Bertz CT molecular complexity index is 695. The first-order valence-electron chi connectivity index (χ1n) is 9.16. The number of nitrogens with two attached hydrogens (primary N) is 3. The van der Waals surface area contributed by atoms with E-state index in [0.717, 1.165) is 0 Å². The van der Waals surface area contributed by atoms with E-state index in [9.17, 15) is 34.2 Å². The first kappa shape index (κ1) is 27.5. The fraction of sp³-hybridized carbons (Fsp3) is 0.625. The van der Waals surface area contributed by atoms with Crippen LogP contribution < -0.4 is 33.2 Å². The third kappa shape index (κ3) is 11.3. The zero-order chi connectivity index (χ0) is 24.1. The monoisotopic (exact) mass is 447 g/mol. The van der Waals surface area contributed by atoms with Crippen molar-refractivity contribution in [1.29, 1.82) is 0 Å². The lowest BCUT2D eigenvalue weighted by Crippen LogP contribution is -2.57. The molecule has 0 aliphatic heterocycles. The summed E-state index contributed by atoms with van der Waals surface area (Å²) in [5.74, 6) is -5.55. The largest absolute Gasteiger partial charge is 0.481 e. The number of carboxylic acid groups (broad SMARTS) is 2. The number of hydrogen-bond acceptors (Lipinski definition) is 8. The molecule has 0 radical (unpaired) electrons. The number of carbonyl (C=O) groups is 5. The Kier molecular flexibility index (Phi) is 12.2. The number of carboxylic acids is 2. The number of aliphatic hydroxyl groups excluding tert-OH is 1. The minimum Gasteiger partial charge on any atom is -0.481 e. The Morgan fingerprint density at radius 2 is 1.52 bits per heavy atom. The molecule has 0 heterocycles. The molecule has 0 saturated heterocycles. The Hall–Kier alpha value is -3.46. The second-order valence-corrected chi connectivity index (χ2v) is 6.53. The normalized spacial score (nSPS) is 14.3. The van der Waals surface area contributed by atoms with Crippen LogP contribution in [0.5, 0.6) is 0 Å². The SMILES string of the molecule is CC(NC(=O)C(CO)NC(=O)C(N)CC(=O)O)C(=O)NC(CCCN=C(N)N)C(=O)O. The Labute approximate surface area is 177 Å². The molecule has 0 aliphatic rings. The van der Waals surface area contributed by atoms with E-state index in [1.807, 2.05) is 0 Å². The summed E-state index contributed by atoms with van der Waals surface area (Å²) in [5, 5.41) is 33.7. The van der Waals surface area contributed by atoms with E-state index in [1.165, 1.54) is 6.92 Å². The van der Waals surface area contributed by atoms with Gasteiger partial charge in [0, 0.05) is 6.54 Å². The number of guanidine groups is 1. The van der Waals surface area contributed by atoms with Gasteiger partial charge in [0.05, 0.1) is 19.1 Å². The second kappa shape index (κ2) is 13.7. The van der Waals surface area contributed by atoms with Crippen LogP contribution in [-0.2, 0) is 24.0 Å². The van der Waals surface area contributed by atoms with Crippen LogP contribution in [0.1, 0.15) is 26.2 Å². The van der Waals surface area contributed by atoms with Crippen molar-refractivity contribution in [1.82, 2.24) is 16.0 Å². The van der Waals surface area contributed by atoms with E-state index in [4.69, 9.17) is 22.3 Å². The van der Waals surface area contributed by atoms with Gasteiger partial charge in [-0.15, -0.1) is 0 Å². The van der Waals surface area contributed by atoms with Gasteiger partial charge in [0.2, 0.25) is 17.7 Å². The summed E-state index contributed by atoms with van der Waals surface area (Å²) in [6.07, 6.45) is -0.398. The highest BCUT2D eigenvalue weighted by atomic mass is 16.4. The second-order valence-electron chi connectivity index (χ2n) is 6.53. The molecule has 0 aromatic carbocycles. The van der Waals surface area contributed by atoms with Crippen molar-refractivity contribution in [3.63, 3.8) is 0 Å². The van der Waals surface area contributed by atoms with Crippen LogP contribution in [0, 0.1) is 0 Å². The van der Waals surface area contributed by atoms with Crippen molar-refractivity contribution in [3.8, 4) is 0 Å². The number of rotatable bonds is 14. The molecular formula is C16H29N7O8. The minimum atomic E-state index is -1.50. The summed E-state index contributed by atoms with van der Waals surface area (Å²) in [5.41, 5.74) is 15.7. The summed E-state index contributed by atoms with van der Waals surface area (Å²) in [6.45, 7) is 0.572. The van der Waals surface area contributed by atoms with Gasteiger partial charge in [-0.25, -0.2) is 4.79 Å². The van der Waals surface area contributed by atoms with Gasteiger partial charge in [0.1, 0.15) is 18.1 Å². The van der Waals surface area contributed by atoms with Crippen molar-refractivity contribution in [3.05, 3.63) is 0 Å². The lowest BCUT2D eigenvalue weighted by molar-refractivity contribution is -0.142. The summed E-state index contributed by atoms with van der Waals surface area (Å²) < 4.78 is 0. The maximum Gasteiger partial charge on any atom is 0.326 e. The third-order valence-corrected chi connectivity index (χ3v) is 3.86. The molecule has 0 spiro atoms. The highest BCUT2D eigenvalue weighted by Gasteiger charge is 2.28. The van der Waals surface area contributed by atoms with E-state index in [0.29, 0.717) is 0 Å². The van der Waals surface area contributed by atoms with Crippen LogP contribution in [0.4, 0.5) is 0 Å².